The quantitative estimate of drug-likeness (QED) is 0.736. The molecule has 0 saturated carbocycles. The summed E-state index contributed by atoms with van der Waals surface area (Å²) >= 11 is 0. The first-order valence-electron chi connectivity index (χ1n) is 7.35. The molecule has 2 heterocycles. The molecule has 0 unspecified atom stereocenters. The second-order valence-electron chi connectivity index (χ2n) is 5.22. The zero-order valence-electron chi connectivity index (χ0n) is 12.5. The number of aromatic nitrogens is 3. The van der Waals surface area contributed by atoms with Gasteiger partial charge in [0.05, 0.1) is 11.7 Å². The van der Waals surface area contributed by atoms with Gasteiger partial charge in [0.25, 0.3) is 5.91 Å². The maximum absolute atomic E-state index is 11.9. The molecular formula is C17H18N4O. The van der Waals surface area contributed by atoms with Crippen LogP contribution in [-0.2, 0) is 6.54 Å². The molecule has 1 aromatic carbocycles. The van der Waals surface area contributed by atoms with Crippen molar-refractivity contribution in [3.05, 3.63) is 60.0 Å². The Balaban J connectivity index is 1.55. The lowest BCUT2D eigenvalue weighted by Gasteiger charge is -2.06. The molecule has 0 aliphatic carbocycles. The Hall–Kier alpha value is -2.69. The van der Waals surface area contributed by atoms with E-state index in [1.165, 1.54) is 10.9 Å². The minimum atomic E-state index is -0.0661. The number of benzene rings is 1. The van der Waals surface area contributed by atoms with Crippen molar-refractivity contribution in [2.24, 2.45) is 0 Å². The van der Waals surface area contributed by atoms with E-state index in [-0.39, 0.29) is 5.91 Å². The maximum Gasteiger partial charge on any atom is 0.251 e. The molecular weight excluding hydrogens is 276 g/mol. The smallest absolute Gasteiger partial charge is 0.251 e. The molecule has 3 rings (SSSR count). The molecule has 0 aliphatic rings. The summed E-state index contributed by atoms with van der Waals surface area (Å²) in [4.78, 5) is 15.8. The number of aryl methyl sites for hydroxylation is 2. The molecule has 0 bridgehead atoms. The zero-order chi connectivity index (χ0) is 15.4. The number of amides is 1. The van der Waals surface area contributed by atoms with Crippen molar-refractivity contribution >= 4 is 16.8 Å². The van der Waals surface area contributed by atoms with E-state index in [0.29, 0.717) is 12.1 Å². The molecule has 3 aromatic rings. The van der Waals surface area contributed by atoms with Crippen LogP contribution in [-0.4, -0.2) is 27.2 Å². The largest absolute Gasteiger partial charge is 0.352 e. The van der Waals surface area contributed by atoms with Crippen LogP contribution in [0.1, 0.15) is 22.3 Å². The Morgan fingerprint density at radius 2 is 2.05 bits per heavy atom. The van der Waals surface area contributed by atoms with E-state index in [4.69, 9.17) is 0 Å². The summed E-state index contributed by atoms with van der Waals surface area (Å²) in [6, 6.07) is 9.62. The van der Waals surface area contributed by atoms with Crippen LogP contribution in [0.4, 0.5) is 0 Å². The molecule has 5 nitrogen and oxygen atoms in total. The van der Waals surface area contributed by atoms with E-state index in [9.17, 15) is 4.79 Å². The molecule has 0 spiro atoms. The van der Waals surface area contributed by atoms with E-state index >= 15 is 0 Å². The monoisotopic (exact) mass is 294 g/mol. The first-order chi connectivity index (χ1) is 10.8. The predicted molar refractivity (Wildman–Crippen MR) is 85.7 cm³/mol. The summed E-state index contributed by atoms with van der Waals surface area (Å²) in [6.07, 6.45) is 5.97. The summed E-state index contributed by atoms with van der Waals surface area (Å²) < 4.78 is 1.99. The number of carbonyl (C=O) groups excluding carboxylic acids is 1. The fraction of sp³-hybridized carbons (Fsp3) is 0.235. The molecule has 0 fully saturated rings. The third-order valence-electron chi connectivity index (χ3n) is 3.68. The number of pyridine rings is 1. The highest BCUT2D eigenvalue weighted by Crippen LogP contribution is 2.17. The predicted octanol–water partition coefficient (Wildman–Crippen LogP) is 2.56. The van der Waals surface area contributed by atoms with Crippen LogP contribution in [0.25, 0.3) is 10.9 Å². The van der Waals surface area contributed by atoms with E-state index in [0.717, 1.165) is 18.5 Å². The van der Waals surface area contributed by atoms with Gasteiger partial charge in [0.2, 0.25) is 0 Å². The third kappa shape index (κ3) is 2.98. The highest BCUT2D eigenvalue weighted by atomic mass is 16.1. The Kier molecular flexibility index (Phi) is 4.14. The number of nitrogens with zero attached hydrogens (tertiary/aromatic N) is 3. The summed E-state index contributed by atoms with van der Waals surface area (Å²) in [6.45, 7) is 3.49. The standard InChI is InChI=1S/C17H18N4O/c1-13-4-2-5-16-15(13)12-20-21(16)11-3-8-19-17(22)14-6-9-18-10-7-14/h2,4-7,9-10,12H,3,8,11H2,1H3,(H,19,22). The summed E-state index contributed by atoms with van der Waals surface area (Å²) in [5, 5.41) is 8.52. The fourth-order valence-electron chi connectivity index (χ4n) is 2.46. The number of hydrogen-bond acceptors (Lipinski definition) is 3. The van der Waals surface area contributed by atoms with Gasteiger partial charge in [0.1, 0.15) is 0 Å². The zero-order valence-corrected chi connectivity index (χ0v) is 12.5. The normalized spacial score (nSPS) is 10.8. The summed E-state index contributed by atoms with van der Waals surface area (Å²) in [5.74, 6) is -0.0661. The number of nitrogens with one attached hydrogen (secondary N) is 1. The lowest BCUT2D eigenvalue weighted by atomic mass is 10.1. The minimum Gasteiger partial charge on any atom is -0.352 e. The van der Waals surface area contributed by atoms with Crippen LogP contribution in [0.3, 0.4) is 0 Å². The molecule has 112 valence electrons. The Bertz CT molecular complexity index is 780. The molecule has 1 amide bonds. The number of carbonyl (C=O) groups is 1. The summed E-state index contributed by atoms with van der Waals surface area (Å²) in [5.41, 5.74) is 3.00. The Morgan fingerprint density at radius 1 is 1.23 bits per heavy atom. The SMILES string of the molecule is Cc1cccc2c1cnn2CCCNC(=O)c1ccncc1. The average Bonchev–Trinajstić information content (AvgIpc) is 2.97. The van der Waals surface area contributed by atoms with Crippen LogP contribution in [0.2, 0.25) is 0 Å². The molecule has 0 saturated heterocycles. The fourth-order valence-corrected chi connectivity index (χ4v) is 2.46. The molecule has 0 atom stereocenters. The van der Waals surface area contributed by atoms with Crippen LogP contribution in [0, 0.1) is 6.92 Å². The van der Waals surface area contributed by atoms with E-state index in [1.54, 1.807) is 24.5 Å². The first-order valence-corrected chi connectivity index (χ1v) is 7.35. The van der Waals surface area contributed by atoms with Gasteiger partial charge in [-0.25, -0.2) is 0 Å². The van der Waals surface area contributed by atoms with Gasteiger partial charge in [-0.2, -0.15) is 5.10 Å². The molecule has 0 aliphatic heterocycles. The summed E-state index contributed by atoms with van der Waals surface area (Å²) in [7, 11) is 0. The minimum absolute atomic E-state index is 0.0661. The Morgan fingerprint density at radius 3 is 2.86 bits per heavy atom. The second-order valence-corrected chi connectivity index (χ2v) is 5.22. The molecule has 2 aromatic heterocycles. The lowest BCUT2D eigenvalue weighted by molar-refractivity contribution is 0.0952. The molecule has 22 heavy (non-hydrogen) atoms. The van der Waals surface area contributed by atoms with Gasteiger partial charge >= 0.3 is 0 Å². The van der Waals surface area contributed by atoms with Gasteiger partial charge < -0.3 is 5.32 Å². The maximum atomic E-state index is 11.9. The van der Waals surface area contributed by atoms with Crippen molar-refractivity contribution in [3.63, 3.8) is 0 Å². The van der Waals surface area contributed by atoms with E-state index in [1.807, 2.05) is 16.9 Å². The highest BCUT2D eigenvalue weighted by Gasteiger charge is 2.06. The number of hydrogen-bond donors (Lipinski definition) is 1. The van der Waals surface area contributed by atoms with Crippen LogP contribution in [0.15, 0.2) is 48.9 Å². The third-order valence-corrected chi connectivity index (χ3v) is 3.68. The van der Waals surface area contributed by atoms with Gasteiger partial charge in [0.15, 0.2) is 0 Å². The lowest BCUT2D eigenvalue weighted by Crippen LogP contribution is -2.25. The molecule has 5 heteroatoms. The van der Waals surface area contributed by atoms with Gasteiger partial charge in [-0.1, -0.05) is 12.1 Å². The number of fused-ring (bicyclic) bond motifs is 1. The van der Waals surface area contributed by atoms with E-state index < -0.39 is 0 Å². The Labute approximate surface area is 129 Å². The van der Waals surface area contributed by atoms with Gasteiger partial charge in [-0.15, -0.1) is 0 Å². The second kappa shape index (κ2) is 6.39. The van der Waals surface area contributed by atoms with Crippen LogP contribution in [0.5, 0.6) is 0 Å². The van der Waals surface area contributed by atoms with Crippen molar-refractivity contribution in [3.8, 4) is 0 Å². The van der Waals surface area contributed by atoms with Crippen molar-refractivity contribution in [2.75, 3.05) is 6.54 Å². The van der Waals surface area contributed by atoms with Crippen molar-refractivity contribution < 1.29 is 4.79 Å². The van der Waals surface area contributed by atoms with Crippen LogP contribution < -0.4 is 5.32 Å². The molecule has 1 N–H and O–H groups in total. The van der Waals surface area contributed by atoms with Gasteiger partial charge in [-0.05, 0) is 37.1 Å². The van der Waals surface area contributed by atoms with Gasteiger partial charge in [-0.3, -0.25) is 14.5 Å². The average molecular weight is 294 g/mol. The number of rotatable bonds is 5. The molecule has 0 radical (unpaired) electrons. The van der Waals surface area contributed by atoms with Crippen molar-refractivity contribution in [1.82, 2.24) is 20.1 Å². The van der Waals surface area contributed by atoms with E-state index in [2.05, 4.69) is 34.5 Å². The van der Waals surface area contributed by atoms with Gasteiger partial charge in [0, 0.05) is 36.4 Å². The van der Waals surface area contributed by atoms with Crippen LogP contribution >= 0.6 is 0 Å². The van der Waals surface area contributed by atoms with Crippen molar-refractivity contribution in [1.29, 1.82) is 0 Å². The van der Waals surface area contributed by atoms with Crippen molar-refractivity contribution in [2.45, 2.75) is 19.9 Å². The highest BCUT2D eigenvalue weighted by molar-refractivity contribution is 5.93. The topological polar surface area (TPSA) is 59.8 Å². The first kappa shape index (κ1) is 14.3.